The summed E-state index contributed by atoms with van der Waals surface area (Å²) in [6.07, 6.45) is 5.43. The van der Waals surface area contributed by atoms with E-state index in [1.165, 1.54) is 16.7 Å². The number of ether oxygens (including phenoxy) is 2. The molecule has 3 nitrogen and oxygen atoms in total. The molecule has 1 heterocycles. The number of hydrogen-bond acceptors (Lipinski definition) is 3. The molecule has 0 saturated heterocycles. The topological polar surface area (TPSA) is 35.5 Å². The molecule has 2 rings (SSSR count). The first-order valence-corrected chi connectivity index (χ1v) is 7.28. The minimum Gasteiger partial charge on any atom is -0.493 e. The molecule has 0 atom stereocenters. The Morgan fingerprint density at radius 1 is 1.14 bits per heavy atom. The summed E-state index contributed by atoms with van der Waals surface area (Å²) in [5.74, 6) is 1.39. The quantitative estimate of drug-likeness (QED) is 0.602. The highest BCUT2D eigenvalue weighted by molar-refractivity contribution is 5.92. The molecule has 0 bridgehead atoms. The van der Waals surface area contributed by atoms with Crippen LogP contribution in [0.1, 0.15) is 36.5 Å². The van der Waals surface area contributed by atoms with Gasteiger partial charge in [0.15, 0.2) is 0 Å². The van der Waals surface area contributed by atoms with Crippen molar-refractivity contribution in [3.63, 3.8) is 0 Å². The van der Waals surface area contributed by atoms with Gasteiger partial charge in [-0.15, -0.1) is 0 Å². The Morgan fingerprint density at radius 3 is 2.38 bits per heavy atom. The lowest BCUT2D eigenvalue weighted by Crippen LogP contribution is -2.01. The van der Waals surface area contributed by atoms with Gasteiger partial charge in [0.1, 0.15) is 11.5 Å². The van der Waals surface area contributed by atoms with Crippen LogP contribution >= 0.6 is 0 Å². The van der Waals surface area contributed by atoms with E-state index in [4.69, 9.17) is 9.47 Å². The van der Waals surface area contributed by atoms with Gasteiger partial charge in [-0.1, -0.05) is 17.7 Å². The highest BCUT2D eigenvalue weighted by atomic mass is 16.5. The number of carbonyl (C=O) groups is 1. The summed E-state index contributed by atoms with van der Waals surface area (Å²) in [6, 6.07) is 4.27. The zero-order valence-electron chi connectivity index (χ0n) is 13.2. The molecule has 0 fully saturated rings. The van der Waals surface area contributed by atoms with Gasteiger partial charge in [0.05, 0.1) is 6.61 Å². The van der Waals surface area contributed by atoms with Crippen molar-refractivity contribution in [3.05, 3.63) is 52.3 Å². The lowest BCUT2D eigenvalue weighted by molar-refractivity contribution is -0.133. The first-order chi connectivity index (χ1) is 9.97. The number of cyclic esters (lactones) is 1. The summed E-state index contributed by atoms with van der Waals surface area (Å²) in [4.78, 5) is 11.2. The van der Waals surface area contributed by atoms with Crippen molar-refractivity contribution >= 4 is 5.97 Å². The van der Waals surface area contributed by atoms with Crippen LogP contribution in [-0.4, -0.2) is 12.6 Å². The van der Waals surface area contributed by atoms with E-state index >= 15 is 0 Å². The third kappa shape index (κ3) is 3.97. The Balaban J connectivity index is 1.81. The molecule has 21 heavy (non-hydrogen) atoms. The van der Waals surface area contributed by atoms with Crippen molar-refractivity contribution in [2.24, 2.45) is 0 Å². The number of aryl methyl sites for hydroxylation is 3. The van der Waals surface area contributed by atoms with Gasteiger partial charge in [-0.2, -0.15) is 0 Å². The third-order valence-electron chi connectivity index (χ3n) is 3.44. The highest BCUT2D eigenvalue weighted by Gasteiger charge is 2.15. The number of rotatable bonds is 5. The summed E-state index contributed by atoms with van der Waals surface area (Å²) in [7, 11) is 0. The van der Waals surface area contributed by atoms with Crippen molar-refractivity contribution < 1.29 is 14.3 Å². The lowest BCUT2D eigenvalue weighted by atomic mass is 10.1. The monoisotopic (exact) mass is 286 g/mol. The fourth-order valence-electron chi connectivity index (χ4n) is 2.49. The summed E-state index contributed by atoms with van der Waals surface area (Å²) >= 11 is 0. The molecule has 0 unspecified atom stereocenters. The Hall–Kier alpha value is -2.03. The van der Waals surface area contributed by atoms with E-state index in [9.17, 15) is 4.79 Å². The van der Waals surface area contributed by atoms with Gasteiger partial charge >= 0.3 is 5.97 Å². The van der Waals surface area contributed by atoms with Gasteiger partial charge in [-0.25, -0.2) is 4.79 Å². The van der Waals surface area contributed by atoms with Crippen molar-refractivity contribution in [3.8, 4) is 5.75 Å². The van der Waals surface area contributed by atoms with E-state index < -0.39 is 0 Å². The van der Waals surface area contributed by atoms with Crippen molar-refractivity contribution in [1.29, 1.82) is 0 Å². The Labute approximate surface area is 126 Å². The van der Waals surface area contributed by atoms with Crippen LogP contribution < -0.4 is 4.74 Å². The molecule has 112 valence electrons. The Kier molecular flexibility index (Phi) is 4.84. The summed E-state index contributed by atoms with van der Waals surface area (Å²) in [5, 5.41) is 0. The first kappa shape index (κ1) is 15.4. The Bertz CT molecular complexity index is 586. The Morgan fingerprint density at radius 2 is 1.81 bits per heavy atom. The SMILES string of the molecule is CC1=C/C(=C\CCCOc2c(C)cc(C)cc2C)OC1=O. The maximum Gasteiger partial charge on any atom is 0.339 e. The molecule has 1 aliphatic heterocycles. The minimum atomic E-state index is -0.247. The van der Waals surface area contributed by atoms with Gasteiger partial charge in [0, 0.05) is 5.57 Å². The van der Waals surface area contributed by atoms with Gasteiger partial charge in [0.2, 0.25) is 0 Å². The summed E-state index contributed by atoms with van der Waals surface area (Å²) in [6.45, 7) is 8.65. The van der Waals surface area contributed by atoms with Crippen LogP contribution in [-0.2, 0) is 9.53 Å². The van der Waals surface area contributed by atoms with Gasteiger partial charge < -0.3 is 9.47 Å². The highest BCUT2D eigenvalue weighted by Crippen LogP contribution is 2.24. The predicted octanol–water partition coefficient (Wildman–Crippen LogP) is 4.16. The molecular formula is C18H22O3. The second kappa shape index (κ2) is 6.61. The molecule has 1 aliphatic rings. The van der Waals surface area contributed by atoms with Crippen LogP contribution in [0.5, 0.6) is 5.75 Å². The van der Waals surface area contributed by atoms with E-state index in [-0.39, 0.29) is 5.97 Å². The van der Waals surface area contributed by atoms with Crippen molar-refractivity contribution in [2.45, 2.75) is 40.5 Å². The third-order valence-corrected chi connectivity index (χ3v) is 3.44. The molecule has 0 amide bonds. The fraction of sp³-hybridized carbons (Fsp3) is 0.389. The molecule has 1 aromatic carbocycles. The molecule has 0 N–H and O–H groups in total. The van der Waals surface area contributed by atoms with Crippen LogP contribution in [0, 0.1) is 20.8 Å². The van der Waals surface area contributed by atoms with Crippen LogP contribution in [0.25, 0.3) is 0 Å². The minimum absolute atomic E-state index is 0.247. The summed E-state index contributed by atoms with van der Waals surface area (Å²) < 4.78 is 11.0. The average molecular weight is 286 g/mol. The average Bonchev–Trinajstić information content (AvgIpc) is 2.71. The van der Waals surface area contributed by atoms with Crippen molar-refractivity contribution in [2.75, 3.05) is 6.61 Å². The number of unbranched alkanes of at least 4 members (excludes halogenated alkanes) is 1. The number of benzene rings is 1. The van der Waals surface area contributed by atoms with E-state index in [2.05, 4.69) is 32.9 Å². The van der Waals surface area contributed by atoms with Crippen molar-refractivity contribution in [1.82, 2.24) is 0 Å². The molecule has 0 aliphatic carbocycles. The lowest BCUT2D eigenvalue weighted by Gasteiger charge is -2.12. The zero-order valence-corrected chi connectivity index (χ0v) is 13.2. The van der Waals surface area contributed by atoms with Gasteiger partial charge in [-0.05, 0) is 63.8 Å². The van der Waals surface area contributed by atoms with Crippen LogP contribution in [0.15, 0.2) is 35.6 Å². The van der Waals surface area contributed by atoms with E-state index in [1.54, 1.807) is 13.0 Å². The van der Waals surface area contributed by atoms with E-state index in [1.807, 2.05) is 6.08 Å². The molecule has 0 radical (unpaired) electrons. The molecular weight excluding hydrogens is 264 g/mol. The van der Waals surface area contributed by atoms with E-state index in [0.717, 1.165) is 18.6 Å². The first-order valence-electron chi connectivity index (χ1n) is 7.28. The zero-order chi connectivity index (χ0) is 15.4. The summed E-state index contributed by atoms with van der Waals surface area (Å²) in [5.41, 5.74) is 4.26. The molecule has 1 aromatic rings. The number of allylic oxidation sites excluding steroid dienone is 2. The fourth-order valence-corrected chi connectivity index (χ4v) is 2.49. The van der Waals surface area contributed by atoms with Crippen LogP contribution in [0.3, 0.4) is 0 Å². The standard InChI is InChI=1S/C18H22O3/c1-12-9-13(2)17(14(3)10-12)20-8-6-5-7-16-11-15(4)18(19)21-16/h7,9-11H,5-6,8H2,1-4H3/b16-7+. The maximum absolute atomic E-state index is 11.2. The second-order valence-electron chi connectivity index (χ2n) is 5.54. The largest absolute Gasteiger partial charge is 0.493 e. The van der Waals surface area contributed by atoms with Gasteiger partial charge in [0.25, 0.3) is 0 Å². The van der Waals surface area contributed by atoms with E-state index in [0.29, 0.717) is 17.9 Å². The smallest absolute Gasteiger partial charge is 0.339 e. The maximum atomic E-state index is 11.2. The van der Waals surface area contributed by atoms with Crippen LogP contribution in [0.2, 0.25) is 0 Å². The number of esters is 1. The molecule has 0 aromatic heterocycles. The molecule has 3 heteroatoms. The molecule has 0 spiro atoms. The number of hydrogen-bond donors (Lipinski definition) is 0. The normalized spacial score (nSPS) is 16.1. The molecule has 0 saturated carbocycles. The van der Waals surface area contributed by atoms with Crippen LogP contribution in [0.4, 0.5) is 0 Å². The number of carbonyl (C=O) groups excluding carboxylic acids is 1. The second-order valence-corrected chi connectivity index (χ2v) is 5.54. The van der Waals surface area contributed by atoms with Gasteiger partial charge in [-0.3, -0.25) is 0 Å². The predicted molar refractivity (Wildman–Crippen MR) is 83.3 cm³/mol.